The molecule has 0 amide bonds. The molecule has 2 aromatic heterocycles. The van der Waals surface area contributed by atoms with Crippen molar-refractivity contribution in [3.05, 3.63) is 223 Å². The zero-order valence-electron chi connectivity index (χ0n) is 51.5. The Labute approximate surface area is 479 Å². The number of rotatable bonds is 8. The molecule has 0 saturated carbocycles. The van der Waals surface area contributed by atoms with Gasteiger partial charge in [-0.05, 0) is 127 Å². The molecular weight excluding hydrogens is 1120 g/mol. The van der Waals surface area contributed by atoms with Crippen molar-refractivity contribution in [2.75, 3.05) is 9.80 Å². The predicted octanol–water partition coefficient (Wildman–Crippen LogP) is 19.2. The van der Waals surface area contributed by atoms with Gasteiger partial charge in [-0.2, -0.15) is 12.1 Å². The van der Waals surface area contributed by atoms with E-state index < -0.39 is 6.85 Å². The van der Waals surface area contributed by atoms with Crippen molar-refractivity contribution in [3.63, 3.8) is 0 Å². The topological polar surface area (TPSA) is 33.5 Å². The van der Waals surface area contributed by atoms with Gasteiger partial charge < -0.3 is 19.1 Å². The van der Waals surface area contributed by atoms with Crippen molar-refractivity contribution in [1.82, 2.24) is 9.55 Å². The van der Waals surface area contributed by atoms with Crippen LogP contribution in [0, 0.1) is 25.7 Å². The van der Waals surface area contributed by atoms with Gasteiger partial charge in [-0.1, -0.05) is 184 Å². The Hall–Kier alpha value is -7.20. The van der Waals surface area contributed by atoms with E-state index in [1.54, 1.807) is 0 Å². The van der Waals surface area contributed by atoms with Crippen molar-refractivity contribution in [2.24, 2.45) is 0 Å². The Kier molecular flexibility index (Phi) is 11.3. The van der Waals surface area contributed by atoms with Crippen LogP contribution in [0.1, 0.15) is 118 Å². The number of aromatic nitrogens is 2. The molecule has 1 aliphatic heterocycles. The van der Waals surface area contributed by atoms with Crippen LogP contribution >= 0.6 is 0 Å². The number of pyridine rings is 1. The SMILES string of the molecule is [2H]c1c([2H])c(-c2ccc(C(C)(C)C)cc2)c(C([2H])([2H])[2H])c([2H])c1-c1cccc(-c2ccc3c(c2)C(C)(C)CCC3(C)C)c1N1[CH-]N(c2[c-]c(Oc3[c-]c4c(cc3)c3ccccc3n4-c3cc(C(C)(C)C)ccn3)ccc2)c2ccccc21.[Pt]. The first-order valence-corrected chi connectivity index (χ1v) is 26.5. The maximum atomic E-state index is 10.0. The molecule has 6 heteroatoms. The second kappa shape index (κ2) is 19.4. The van der Waals surface area contributed by atoms with Crippen LogP contribution in [-0.4, -0.2) is 9.55 Å². The molecule has 10 aromatic rings. The van der Waals surface area contributed by atoms with Crippen molar-refractivity contribution in [1.29, 1.82) is 0 Å². The average Bonchev–Trinajstić information content (AvgIpc) is 4.24. The van der Waals surface area contributed by atoms with Crippen LogP contribution in [0.5, 0.6) is 11.5 Å². The molecule has 0 saturated heterocycles. The van der Waals surface area contributed by atoms with Crippen LogP contribution in [0.2, 0.25) is 0 Å². The minimum absolute atomic E-state index is 0. The van der Waals surface area contributed by atoms with Crippen LogP contribution in [-0.2, 0) is 42.7 Å². The number of ether oxygens (including phenoxy) is 1. The van der Waals surface area contributed by atoms with Gasteiger partial charge in [0.1, 0.15) is 5.82 Å². The van der Waals surface area contributed by atoms with Gasteiger partial charge in [0.05, 0.1) is 4.11 Å². The molecule has 0 spiro atoms. The largest absolute Gasteiger partial charge is 0.509 e. The summed E-state index contributed by atoms with van der Waals surface area (Å²) in [4.78, 5) is 9.00. The van der Waals surface area contributed by atoms with Gasteiger partial charge >= 0.3 is 0 Å². The molecule has 5 nitrogen and oxygen atoms in total. The van der Waals surface area contributed by atoms with Crippen LogP contribution < -0.4 is 14.5 Å². The zero-order valence-corrected chi connectivity index (χ0v) is 47.8. The fourth-order valence-electron chi connectivity index (χ4n) is 11.3. The van der Waals surface area contributed by atoms with E-state index in [4.69, 9.17) is 13.8 Å². The van der Waals surface area contributed by atoms with Gasteiger partial charge in [0.15, 0.2) is 0 Å². The molecule has 0 fully saturated rings. The molecule has 390 valence electrons. The number of hydrogen-bond donors (Lipinski definition) is 0. The van der Waals surface area contributed by atoms with Crippen molar-refractivity contribution >= 4 is 44.6 Å². The predicted molar refractivity (Wildman–Crippen MR) is 318 cm³/mol. The second-order valence-electron chi connectivity index (χ2n) is 24.0. The standard InChI is InChI=1S/C71H67N4O.Pt/c1-46-40-48(28-33-55(46)47-26-30-50(31-27-47)68(2,3)4)56-21-17-22-57(49-29-35-60-61(41-49)71(10,11)38-37-70(60,8)9)67(56)74-45-73(63-24-14-15-25-64(63)74)52-18-16-19-53(43-52)76-54-32-34-59-58-20-12-13-23-62(58)75(65(59)44-54)66-42-51(36-39-72-66)69(5,6)7;/h12-36,39-42,45H,37-38H2,1-11H3;/q-3;/i1D3,28D,33D,40D;. The normalized spacial score (nSPS) is 16.1. The van der Waals surface area contributed by atoms with Gasteiger partial charge in [-0.3, -0.25) is 0 Å². The molecule has 2 aliphatic rings. The van der Waals surface area contributed by atoms with E-state index in [0.29, 0.717) is 34.0 Å². The number of hydrogen-bond acceptors (Lipinski definition) is 4. The third-order valence-electron chi connectivity index (χ3n) is 15.8. The number of fused-ring (bicyclic) bond motifs is 5. The van der Waals surface area contributed by atoms with Crippen molar-refractivity contribution in [3.8, 4) is 50.7 Å². The van der Waals surface area contributed by atoms with Crippen molar-refractivity contribution in [2.45, 2.75) is 111 Å². The van der Waals surface area contributed by atoms with Crippen LogP contribution in [0.15, 0.2) is 176 Å². The molecule has 0 atom stereocenters. The monoisotopic (exact) mass is 1190 g/mol. The summed E-state index contributed by atoms with van der Waals surface area (Å²) in [5.41, 5.74) is 11.8. The minimum atomic E-state index is -2.80. The summed E-state index contributed by atoms with van der Waals surface area (Å²) in [5.74, 6) is 1.78. The Morgan fingerprint density at radius 2 is 1.26 bits per heavy atom. The number of nitrogens with zero attached hydrogens (tertiary/aromatic N) is 4. The molecule has 0 radical (unpaired) electrons. The summed E-state index contributed by atoms with van der Waals surface area (Å²) < 4.78 is 65.5. The Morgan fingerprint density at radius 3 is 2.00 bits per heavy atom. The second-order valence-corrected chi connectivity index (χ2v) is 24.0. The first kappa shape index (κ1) is 44.9. The van der Waals surface area contributed by atoms with E-state index in [1.165, 1.54) is 16.7 Å². The molecule has 0 bridgehead atoms. The average molecular weight is 1190 g/mol. The Morgan fingerprint density at radius 1 is 0.597 bits per heavy atom. The summed E-state index contributed by atoms with van der Waals surface area (Å²) >= 11 is 0. The summed E-state index contributed by atoms with van der Waals surface area (Å²) in [5, 5.41) is 2.11. The maximum Gasteiger partial charge on any atom is 0.135 e. The molecule has 1 aliphatic carbocycles. The van der Waals surface area contributed by atoms with E-state index >= 15 is 0 Å². The van der Waals surface area contributed by atoms with E-state index in [0.717, 1.165) is 68.5 Å². The fourth-order valence-corrected chi connectivity index (χ4v) is 11.3. The smallest absolute Gasteiger partial charge is 0.135 e. The zero-order chi connectivity index (χ0) is 58.0. The van der Waals surface area contributed by atoms with Crippen LogP contribution in [0.3, 0.4) is 0 Å². The maximum absolute atomic E-state index is 10.0. The molecule has 0 unspecified atom stereocenters. The van der Waals surface area contributed by atoms with Gasteiger partial charge in [-0.15, -0.1) is 48.1 Å². The molecule has 0 N–H and O–H groups in total. The number of benzene rings is 8. The summed E-state index contributed by atoms with van der Waals surface area (Å²) in [6.07, 6.45) is 3.95. The third-order valence-corrected chi connectivity index (χ3v) is 15.8. The molecule has 12 rings (SSSR count). The Bertz CT molecular complexity index is 4190. The van der Waals surface area contributed by atoms with Gasteiger partial charge in [0, 0.05) is 76.6 Å². The van der Waals surface area contributed by atoms with Gasteiger partial charge in [0.25, 0.3) is 0 Å². The minimum Gasteiger partial charge on any atom is -0.509 e. The summed E-state index contributed by atoms with van der Waals surface area (Å²) in [6, 6.07) is 56.9. The van der Waals surface area contributed by atoms with E-state index in [2.05, 4.69) is 150 Å². The van der Waals surface area contributed by atoms with E-state index in [-0.39, 0.29) is 77.5 Å². The van der Waals surface area contributed by atoms with Crippen LogP contribution in [0.25, 0.3) is 61.0 Å². The molecule has 3 heterocycles. The Balaban J connectivity index is 0.00000721. The fraction of sp³-hybridized carbons (Fsp3) is 0.239. The quantitative estimate of drug-likeness (QED) is 0.142. The first-order chi connectivity index (χ1) is 38.8. The molecular formula is C71H67N4OPt-3. The first-order valence-electron chi connectivity index (χ1n) is 29.5. The summed E-state index contributed by atoms with van der Waals surface area (Å²) in [7, 11) is 0. The van der Waals surface area contributed by atoms with E-state index in [9.17, 15) is 4.11 Å². The number of anilines is 4. The van der Waals surface area contributed by atoms with E-state index in [1.807, 2.05) is 110 Å². The van der Waals surface area contributed by atoms with Crippen LogP contribution in [0.4, 0.5) is 22.7 Å². The van der Waals surface area contributed by atoms with Crippen molar-refractivity contribution < 1.29 is 34.0 Å². The number of para-hydroxylation sites is 4. The van der Waals surface area contributed by atoms with Gasteiger partial charge in [-0.25, -0.2) is 4.98 Å². The third kappa shape index (κ3) is 9.39. The molecule has 77 heavy (non-hydrogen) atoms. The molecule has 8 aromatic carbocycles. The van der Waals surface area contributed by atoms with Gasteiger partial charge in [0.2, 0.25) is 0 Å². The summed E-state index contributed by atoms with van der Waals surface area (Å²) in [6.45, 7) is 21.4.